The number of fused-ring (bicyclic) bond motifs is 1. The van der Waals surface area contributed by atoms with E-state index in [0.717, 1.165) is 23.1 Å². The molecule has 0 aliphatic heterocycles. The number of rotatable bonds is 8. The zero-order valence-electron chi connectivity index (χ0n) is 22.3. The van der Waals surface area contributed by atoms with Crippen LogP contribution in [0.15, 0.2) is 113 Å². The quantitative estimate of drug-likeness (QED) is 0.236. The predicted molar refractivity (Wildman–Crippen MR) is 155 cm³/mol. The molecule has 0 N–H and O–H groups in total. The van der Waals surface area contributed by atoms with Crippen molar-refractivity contribution in [1.29, 1.82) is 0 Å². The summed E-state index contributed by atoms with van der Waals surface area (Å²) in [5.41, 5.74) is 3.88. The topological polar surface area (TPSA) is 72.3 Å². The van der Waals surface area contributed by atoms with Gasteiger partial charge in [-0.15, -0.1) is 0 Å². The maximum Gasteiger partial charge on any atom is 0.266 e. The average Bonchev–Trinajstić information content (AvgIpc) is 2.96. The summed E-state index contributed by atoms with van der Waals surface area (Å²) in [5, 5.41) is 0.476. The third kappa shape index (κ3) is 5.28. The lowest BCUT2D eigenvalue weighted by Crippen LogP contribution is -2.37. The summed E-state index contributed by atoms with van der Waals surface area (Å²) >= 11 is 0. The van der Waals surface area contributed by atoms with Gasteiger partial charge in [-0.1, -0.05) is 79.2 Å². The fourth-order valence-electron chi connectivity index (χ4n) is 4.73. The molecule has 1 unspecified atom stereocenters. The molecular formula is C32H31N3O3S. The first-order valence-corrected chi connectivity index (χ1v) is 14.5. The Kier molecular flexibility index (Phi) is 7.46. The molecule has 0 amide bonds. The van der Waals surface area contributed by atoms with Crippen LogP contribution in [0.2, 0.25) is 0 Å². The van der Waals surface area contributed by atoms with Crippen molar-refractivity contribution in [2.75, 3.05) is 0 Å². The molecule has 0 aliphatic rings. The number of benzene rings is 4. The Morgan fingerprint density at radius 1 is 0.821 bits per heavy atom. The highest BCUT2D eigenvalue weighted by atomic mass is 32.2. The minimum atomic E-state index is -3.96. The smallest absolute Gasteiger partial charge is 0.266 e. The van der Waals surface area contributed by atoms with E-state index in [1.165, 1.54) is 4.31 Å². The summed E-state index contributed by atoms with van der Waals surface area (Å²) in [6.45, 7) is 5.91. The molecule has 1 atom stereocenters. The van der Waals surface area contributed by atoms with E-state index in [2.05, 4.69) is 6.92 Å². The van der Waals surface area contributed by atoms with E-state index < -0.39 is 16.1 Å². The van der Waals surface area contributed by atoms with Gasteiger partial charge in [0.15, 0.2) is 0 Å². The van der Waals surface area contributed by atoms with Gasteiger partial charge in [0.25, 0.3) is 5.56 Å². The lowest BCUT2D eigenvalue weighted by Gasteiger charge is -2.30. The van der Waals surface area contributed by atoms with Gasteiger partial charge in [-0.3, -0.25) is 9.36 Å². The fraction of sp³-hybridized carbons (Fsp3) is 0.188. The largest absolute Gasteiger partial charge is 0.268 e. The number of aromatic nitrogens is 2. The van der Waals surface area contributed by atoms with Crippen LogP contribution in [0.1, 0.15) is 42.4 Å². The van der Waals surface area contributed by atoms with Gasteiger partial charge in [-0.05, 0) is 67.8 Å². The molecule has 5 aromatic rings. The summed E-state index contributed by atoms with van der Waals surface area (Å²) in [4.78, 5) is 19.0. The predicted octanol–water partition coefficient (Wildman–Crippen LogP) is 6.21. The van der Waals surface area contributed by atoms with E-state index >= 15 is 0 Å². The van der Waals surface area contributed by atoms with Crippen LogP contribution in [-0.2, 0) is 23.0 Å². The molecule has 0 saturated heterocycles. The SMILES string of the molecule is CCc1ccc(-n2c(C(C)N(Cc3ccccc3)S(=O)(=O)c3ccc(C)cc3)nc3ccccc3c2=O)cc1. The Labute approximate surface area is 229 Å². The van der Waals surface area contributed by atoms with Crippen molar-refractivity contribution in [3.63, 3.8) is 0 Å². The highest BCUT2D eigenvalue weighted by Crippen LogP contribution is 2.30. The van der Waals surface area contributed by atoms with Crippen LogP contribution < -0.4 is 5.56 Å². The summed E-state index contributed by atoms with van der Waals surface area (Å²) in [7, 11) is -3.96. The van der Waals surface area contributed by atoms with Gasteiger partial charge in [-0.2, -0.15) is 4.31 Å². The summed E-state index contributed by atoms with van der Waals surface area (Å²) < 4.78 is 31.3. The zero-order valence-corrected chi connectivity index (χ0v) is 23.1. The van der Waals surface area contributed by atoms with Crippen molar-refractivity contribution in [2.24, 2.45) is 0 Å². The second-order valence-corrected chi connectivity index (χ2v) is 11.6. The first-order chi connectivity index (χ1) is 18.8. The number of sulfonamides is 1. The van der Waals surface area contributed by atoms with Gasteiger partial charge in [0.2, 0.25) is 10.0 Å². The molecule has 6 nitrogen and oxygen atoms in total. The number of aryl methyl sites for hydroxylation is 2. The third-order valence-electron chi connectivity index (χ3n) is 7.02. The summed E-state index contributed by atoms with van der Waals surface area (Å²) in [6, 6.07) is 30.4. The zero-order chi connectivity index (χ0) is 27.6. The van der Waals surface area contributed by atoms with Gasteiger partial charge in [0, 0.05) is 6.54 Å². The Balaban J connectivity index is 1.73. The van der Waals surface area contributed by atoms with Crippen molar-refractivity contribution in [3.8, 4) is 5.69 Å². The first kappa shape index (κ1) is 26.5. The standard InChI is InChI=1S/C32H31N3O3S/c1-4-25-16-18-27(19-17-25)35-31(33-30-13-9-8-12-29(30)32(35)36)24(3)34(22-26-10-6-5-7-11-26)39(37,38)28-20-14-23(2)15-21-28/h5-21,24H,4,22H2,1-3H3. The Hall–Kier alpha value is -4.07. The van der Waals surface area contributed by atoms with Crippen LogP contribution in [0.25, 0.3) is 16.6 Å². The molecule has 1 aromatic heterocycles. The van der Waals surface area contributed by atoms with Crippen LogP contribution in [0, 0.1) is 6.92 Å². The minimum Gasteiger partial charge on any atom is -0.268 e. The van der Waals surface area contributed by atoms with Crippen LogP contribution in [-0.4, -0.2) is 22.3 Å². The molecule has 0 aliphatic carbocycles. The maximum atomic E-state index is 14.2. The number of hydrogen-bond acceptors (Lipinski definition) is 4. The molecular weight excluding hydrogens is 506 g/mol. The molecule has 0 radical (unpaired) electrons. The Morgan fingerprint density at radius 3 is 2.13 bits per heavy atom. The van der Waals surface area contributed by atoms with E-state index in [1.54, 1.807) is 47.9 Å². The second kappa shape index (κ2) is 11.0. The van der Waals surface area contributed by atoms with E-state index in [9.17, 15) is 13.2 Å². The third-order valence-corrected chi connectivity index (χ3v) is 8.95. The van der Waals surface area contributed by atoms with E-state index in [4.69, 9.17) is 4.98 Å². The minimum absolute atomic E-state index is 0.121. The second-order valence-electron chi connectivity index (χ2n) is 9.67. The monoisotopic (exact) mass is 537 g/mol. The summed E-state index contributed by atoms with van der Waals surface area (Å²) in [6.07, 6.45) is 0.869. The number of hydrogen-bond donors (Lipinski definition) is 0. The molecule has 0 bridgehead atoms. The van der Waals surface area contributed by atoms with E-state index in [-0.39, 0.29) is 17.0 Å². The van der Waals surface area contributed by atoms with Crippen LogP contribution in [0.4, 0.5) is 0 Å². The highest BCUT2D eigenvalue weighted by Gasteiger charge is 2.33. The lowest BCUT2D eigenvalue weighted by atomic mass is 10.1. The van der Waals surface area contributed by atoms with Crippen molar-refractivity contribution in [1.82, 2.24) is 13.9 Å². The molecule has 7 heteroatoms. The van der Waals surface area contributed by atoms with Crippen LogP contribution in [0.5, 0.6) is 0 Å². The normalized spacial score (nSPS) is 12.6. The molecule has 1 heterocycles. The van der Waals surface area contributed by atoms with Crippen molar-refractivity contribution < 1.29 is 8.42 Å². The highest BCUT2D eigenvalue weighted by molar-refractivity contribution is 7.89. The molecule has 0 spiro atoms. The van der Waals surface area contributed by atoms with Crippen molar-refractivity contribution in [3.05, 3.63) is 136 Å². The van der Waals surface area contributed by atoms with Crippen molar-refractivity contribution >= 4 is 20.9 Å². The van der Waals surface area contributed by atoms with Gasteiger partial charge >= 0.3 is 0 Å². The Bertz CT molecular complexity index is 1760. The van der Waals surface area contributed by atoms with Crippen LogP contribution in [0.3, 0.4) is 0 Å². The van der Waals surface area contributed by atoms with E-state index in [0.29, 0.717) is 22.4 Å². The molecule has 0 fully saturated rings. The lowest BCUT2D eigenvalue weighted by molar-refractivity contribution is 0.321. The Morgan fingerprint density at radius 2 is 1.46 bits per heavy atom. The molecule has 5 rings (SSSR count). The van der Waals surface area contributed by atoms with E-state index in [1.807, 2.05) is 73.7 Å². The maximum absolute atomic E-state index is 14.2. The molecule has 0 saturated carbocycles. The number of para-hydroxylation sites is 1. The average molecular weight is 538 g/mol. The van der Waals surface area contributed by atoms with Crippen molar-refractivity contribution in [2.45, 2.75) is 44.7 Å². The summed E-state index contributed by atoms with van der Waals surface area (Å²) in [5.74, 6) is 0.356. The van der Waals surface area contributed by atoms with Gasteiger partial charge in [-0.25, -0.2) is 13.4 Å². The van der Waals surface area contributed by atoms with Gasteiger partial charge < -0.3 is 0 Å². The molecule has 198 valence electrons. The molecule has 39 heavy (non-hydrogen) atoms. The number of nitrogens with zero attached hydrogens (tertiary/aromatic N) is 3. The van der Waals surface area contributed by atoms with Gasteiger partial charge in [0.1, 0.15) is 5.82 Å². The molecule has 4 aromatic carbocycles. The van der Waals surface area contributed by atoms with Crippen LogP contribution >= 0.6 is 0 Å². The fourth-order valence-corrected chi connectivity index (χ4v) is 6.31. The first-order valence-electron chi connectivity index (χ1n) is 13.0. The van der Waals surface area contributed by atoms with Gasteiger partial charge in [0.05, 0.1) is 27.5 Å².